The molecular formula is C31H34N8O3. The maximum Gasteiger partial charge on any atom is 0.247 e. The number of hydrogen-bond acceptors (Lipinski definition) is 9. The van der Waals surface area contributed by atoms with Crippen LogP contribution in [0, 0.1) is 0 Å². The number of rotatable bonds is 11. The number of para-hydroxylation sites is 1. The van der Waals surface area contributed by atoms with Gasteiger partial charge in [0.15, 0.2) is 0 Å². The Morgan fingerprint density at radius 1 is 1.12 bits per heavy atom. The molecule has 0 radical (unpaired) electrons. The molecule has 2 N–H and O–H groups in total. The van der Waals surface area contributed by atoms with Gasteiger partial charge < -0.3 is 34.2 Å². The third-order valence-electron chi connectivity index (χ3n) is 6.90. The molecule has 0 atom stereocenters. The molecule has 1 amide bonds. The number of carbonyl (C=O) groups excluding carboxylic acids is 1. The number of nitrogens with one attached hydrogen (secondary N) is 2. The molecule has 0 fully saturated rings. The number of benzene rings is 2. The highest BCUT2D eigenvalue weighted by Gasteiger charge is 2.21. The Bertz CT molecular complexity index is 1730. The second-order valence-electron chi connectivity index (χ2n) is 10.1. The Kier molecular flexibility index (Phi) is 8.21. The lowest BCUT2D eigenvalue weighted by molar-refractivity contribution is -0.111. The summed E-state index contributed by atoms with van der Waals surface area (Å²) in [6.45, 7) is 5.16. The molecule has 0 unspecified atom stereocenters. The number of fused-ring (bicyclic) bond motifs is 1. The van der Waals surface area contributed by atoms with E-state index < -0.39 is 0 Å². The fourth-order valence-electron chi connectivity index (χ4n) is 4.72. The van der Waals surface area contributed by atoms with E-state index >= 15 is 0 Å². The average Bonchev–Trinajstić information content (AvgIpc) is 3.64. The number of nitrogens with zero attached hydrogens (tertiary/aromatic N) is 6. The summed E-state index contributed by atoms with van der Waals surface area (Å²) in [6.07, 6.45) is 8.08. The van der Waals surface area contributed by atoms with Crippen LogP contribution in [0.15, 0.2) is 78.3 Å². The molecule has 216 valence electrons. The van der Waals surface area contributed by atoms with E-state index in [1.807, 2.05) is 58.7 Å². The van der Waals surface area contributed by atoms with E-state index in [2.05, 4.69) is 53.7 Å². The second kappa shape index (κ2) is 12.1. The van der Waals surface area contributed by atoms with Crippen molar-refractivity contribution < 1.29 is 13.9 Å². The molecule has 0 bridgehead atoms. The van der Waals surface area contributed by atoms with Crippen molar-refractivity contribution in [3.05, 3.63) is 73.9 Å². The summed E-state index contributed by atoms with van der Waals surface area (Å²) in [4.78, 5) is 30.4. The largest absolute Gasteiger partial charge is 0.494 e. The molecule has 0 aliphatic rings. The summed E-state index contributed by atoms with van der Waals surface area (Å²) in [5.41, 5.74) is 5.26. The van der Waals surface area contributed by atoms with Crippen LogP contribution in [0.1, 0.15) is 0 Å². The molecule has 5 rings (SSSR count). The van der Waals surface area contributed by atoms with E-state index in [1.165, 1.54) is 12.3 Å². The molecule has 11 heteroatoms. The monoisotopic (exact) mass is 566 g/mol. The van der Waals surface area contributed by atoms with Gasteiger partial charge in [-0.3, -0.25) is 4.79 Å². The maximum absolute atomic E-state index is 12.4. The number of methoxy groups -OCH3 is 1. The Balaban J connectivity index is 1.59. The van der Waals surface area contributed by atoms with Gasteiger partial charge in [-0.15, -0.1) is 0 Å². The van der Waals surface area contributed by atoms with Crippen molar-refractivity contribution in [3.8, 4) is 28.5 Å². The maximum atomic E-state index is 12.4. The molecule has 3 heterocycles. The lowest BCUT2D eigenvalue weighted by atomic mass is 10.1. The van der Waals surface area contributed by atoms with Gasteiger partial charge in [-0.05, 0) is 32.3 Å². The van der Waals surface area contributed by atoms with Gasteiger partial charge >= 0.3 is 0 Å². The van der Waals surface area contributed by atoms with Crippen molar-refractivity contribution in [3.63, 3.8) is 0 Å². The number of oxazole rings is 1. The fraction of sp³-hybridized carbons (Fsp3) is 0.226. The summed E-state index contributed by atoms with van der Waals surface area (Å²) in [6, 6.07) is 11.8. The van der Waals surface area contributed by atoms with Gasteiger partial charge in [0.1, 0.15) is 12.0 Å². The van der Waals surface area contributed by atoms with Gasteiger partial charge in [-0.25, -0.2) is 15.0 Å². The zero-order valence-electron chi connectivity index (χ0n) is 24.4. The first kappa shape index (κ1) is 28.4. The van der Waals surface area contributed by atoms with Crippen LogP contribution in [0.5, 0.6) is 5.75 Å². The van der Waals surface area contributed by atoms with Gasteiger partial charge in [0, 0.05) is 62.1 Å². The number of anilines is 4. The third kappa shape index (κ3) is 5.81. The van der Waals surface area contributed by atoms with Crippen molar-refractivity contribution in [1.29, 1.82) is 0 Å². The average molecular weight is 567 g/mol. The standard InChI is InChI=1S/C31H34N8O3/c1-7-28(40)34-23-16-24(27(41-6)17-26(23)38(4)14-13-37(2)3)35-31-33-18-21(30-32-12-15-42-30)29(36-31)22-19-39(5)25-11-9-8-10-20(22)25/h7-12,15-19H,1,13-14H2,2-6H3,(H,34,40)(H,33,35,36). The molecule has 2 aromatic carbocycles. The highest BCUT2D eigenvalue weighted by molar-refractivity contribution is 6.02. The first-order chi connectivity index (χ1) is 20.3. The summed E-state index contributed by atoms with van der Waals surface area (Å²) < 4.78 is 13.5. The van der Waals surface area contributed by atoms with E-state index in [0.29, 0.717) is 40.2 Å². The minimum Gasteiger partial charge on any atom is -0.494 e. The predicted octanol–water partition coefficient (Wildman–Crippen LogP) is 5.16. The highest BCUT2D eigenvalue weighted by Crippen LogP contribution is 2.39. The number of amides is 1. The molecule has 0 aliphatic heterocycles. The Morgan fingerprint density at radius 2 is 1.93 bits per heavy atom. The molecule has 5 aromatic rings. The van der Waals surface area contributed by atoms with E-state index in [-0.39, 0.29) is 5.91 Å². The summed E-state index contributed by atoms with van der Waals surface area (Å²) >= 11 is 0. The number of carbonyl (C=O) groups is 1. The first-order valence-electron chi connectivity index (χ1n) is 13.4. The molecule has 0 saturated heterocycles. The van der Waals surface area contributed by atoms with Gasteiger partial charge in [0.2, 0.25) is 17.7 Å². The minimum atomic E-state index is -0.321. The lowest BCUT2D eigenvalue weighted by Gasteiger charge is -2.26. The second-order valence-corrected chi connectivity index (χ2v) is 10.1. The quantitative estimate of drug-likeness (QED) is 0.209. The summed E-state index contributed by atoms with van der Waals surface area (Å²) in [7, 11) is 9.59. The molecule has 11 nitrogen and oxygen atoms in total. The van der Waals surface area contributed by atoms with Crippen molar-refractivity contribution in [2.75, 3.05) is 56.9 Å². The molecule has 3 aromatic heterocycles. The Labute approximate surface area is 244 Å². The Morgan fingerprint density at radius 3 is 2.64 bits per heavy atom. The number of ether oxygens (including phenoxy) is 1. The van der Waals surface area contributed by atoms with Crippen molar-refractivity contribution in [2.45, 2.75) is 0 Å². The number of aromatic nitrogens is 4. The molecular weight excluding hydrogens is 532 g/mol. The topological polar surface area (TPSA) is 114 Å². The van der Waals surface area contributed by atoms with Gasteiger partial charge in [0.05, 0.1) is 41.6 Å². The molecule has 0 spiro atoms. The van der Waals surface area contributed by atoms with Crippen molar-refractivity contribution >= 4 is 39.8 Å². The van der Waals surface area contributed by atoms with Gasteiger partial charge in [-0.2, -0.15) is 0 Å². The number of hydrogen-bond donors (Lipinski definition) is 2. The van der Waals surface area contributed by atoms with Gasteiger partial charge in [0.25, 0.3) is 0 Å². The van der Waals surface area contributed by atoms with E-state index in [4.69, 9.17) is 14.1 Å². The van der Waals surface area contributed by atoms with Crippen LogP contribution in [0.2, 0.25) is 0 Å². The fourth-order valence-corrected chi connectivity index (χ4v) is 4.72. The predicted molar refractivity (Wildman–Crippen MR) is 166 cm³/mol. The summed E-state index contributed by atoms with van der Waals surface area (Å²) in [5.74, 6) is 0.992. The van der Waals surface area contributed by atoms with Gasteiger partial charge in [-0.1, -0.05) is 24.8 Å². The van der Waals surface area contributed by atoms with Crippen molar-refractivity contribution in [1.82, 2.24) is 24.4 Å². The van der Waals surface area contributed by atoms with Crippen LogP contribution >= 0.6 is 0 Å². The number of aryl methyl sites for hydroxylation is 1. The van der Waals surface area contributed by atoms with Crippen LogP contribution in [0.4, 0.5) is 23.0 Å². The van der Waals surface area contributed by atoms with E-state index in [9.17, 15) is 4.79 Å². The van der Waals surface area contributed by atoms with Crippen LogP contribution in [0.3, 0.4) is 0 Å². The Hall–Kier alpha value is -5.16. The normalized spacial score (nSPS) is 11.1. The minimum absolute atomic E-state index is 0.321. The third-order valence-corrected chi connectivity index (χ3v) is 6.90. The molecule has 42 heavy (non-hydrogen) atoms. The SMILES string of the molecule is C=CC(=O)Nc1cc(Nc2ncc(-c3ncco3)c(-c3cn(C)c4ccccc34)n2)c(OC)cc1N(C)CCN(C)C. The smallest absolute Gasteiger partial charge is 0.247 e. The first-order valence-corrected chi connectivity index (χ1v) is 13.4. The molecule has 0 aliphatic carbocycles. The van der Waals surface area contributed by atoms with Crippen LogP contribution in [-0.2, 0) is 11.8 Å². The molecule has 0 saturated carbocycles. The van der Waals surface area contributed by atoms with E-state index in [0.717, 1.165) is 35.2 Å². The lowest BCUT2D eigenvalue weighted by Crippen LogP contribution is -2.29. The van der Waals surface area contributed by atoms with Crippen LogP contribution in [-0.4, -0.2) is 71.7 Å². The van der Waals surface area contributed by atoms with Crippen molar-refractivity contribution in [2.24, 2.45) is 7.05 Å². The zero-order chi connectivity index (χ0) is 29.8. The van der Waals surface area contributed by atoms with E-state index in [1.54, 1.807) is 19.5 Å². The van der Waals surface area contributed by atoms with Crippen LogP contribution < -0.4 is 20.3 Å². The number of likely N-dealkylation sites (N-methyl/N-ethyl adjacent to an activating group) is 2. The van der Waals surface area contributed by atoms with Crippen LogP contribution in [0.25, 0.3) is 33.6 Å². The summed E-state index contributed by atoms with van der Waals surface area (Å²) in [5, 5.41) is 7.26. The zero-order valence-corrected chi connectivity index (χ0v) is 24.4. The highest BCUT2D eigenvalue weighted by atomic mass is 16.5.